The molecule has 0 radical (unpaired) electrons. The molecule has 0 spiro atoms. The number of carbonyl (C=O) groups excluding carboxylic acids is 2. The Morgan fingerprint density at radius 3 is 2.16 bits per heavy atom. The zero-order valence-corrected chi connectivity index (χ0v) is 15.8. The number of amides is 1. The minimum Gasteiger partial charge on any atom is -0.458 e. The molecule has 0 saturated heterocycles. The number of nitrogens with one attached hydrogen (secondary N) is 1. The van der Waals surface area contributed by atoms with Gasteiger partial charge in [-0.25, -0.2) is 9.59 Å². The maximum Gasteiger partial charge on any atom is 0.408 e. The molecule has 1 amide bonds. The highest BCUT2D eigenvalue weighted by molar-refractivity contribution is 5.86. The van der Waals surface area contributed by atoms with Crippen LogP contribution in [0.1, 0.15) is 47.1 Å². The summed E-state index contributed by atoms with van der Waals surface area (Å²) in [5.74, 6) is -0.982. The lowest BCUT2D eigenvalue weighted by Gasteiger charge is -2.36. The van der Waals surface area contributed by atoms with Crippen LogP contribution in [0.4, 0.5) is 4.79 Å². The average molecular weight is 351 g/mol. The number of benzene rings is 1. The van der Waals surface area contributed by atoms with Crippen LogP contribution < -0.4 is 5.32 Å². The van der Waals surface area contributed by atoms with Gasteiger partial charge in [0.25, 0.3) is 0 Å². The van der Waals surface area contributed by atoms with Gasteiger partial charge in [0.15, 0.2) is 5.54 Å². The predicted octanol–water partition coefficient (Wildman–Crippen LogP) is 3.03. The summed E-state index contributed by atoms with van der Waals surface area (Å²) in [6.07, 6.45) is -1.93. The van der Waals surface area contributed by atoms with Gasteiger partial charge in [0.1, 0.15) is 12.2 Å². The third kappa shape index (κ3) is 6.38. The van der Waals surface area contributed by atoms with Gasteiger partial charge in [-0.1, -0.05) is 44.2 Å². The lowest BCUT2D eigenvalue weighted by molar-refractivity contribution is -0.168. The van der Waals surface area contributed by atoms with E-state index in [9.17, 15) is 14.7 Å². The van der Waals surface area contributed by atoms with E-state index >= 15 is 0 Å². The van der Waals surface area contributed by atoms with Gasteiger partial charge in [-0.15, -0.1) is 0 Å². The summed E-state index contributed by atoms with van der Waals surface area (Å²) >= 11 is 0. The van der Waals surface area contributed by atoms with Crippen molar-refractivity contribution in [2.45, 2.75) is 65.4 Å². The number of ether oxygens (including phenoxy) is 2. The van der Waals surface area contributed by atoms with Crippen LogP contribution >= 0.6 is 0 Å². The van der Waals surface area contributed by atoms with E-state index in [0.717, 1.165) is 5.56 Å². The molecule has 0 fully saturated rings. The molecule has 0 aromatic heterocycles. The number of aliphatic hydroxyl groups excluding tert-OH is 1. The van der Waals surface area contributed by atoms with Gasteiger partial charge < -0.3 is 19.9 Å². The number of aliphatic hydroxyl groups is 1. The van der Waals surface area contributed by atoms with Crippen LogP contribution in [0.5, 0.6) is 0 Å². The standard InChI is InChI=1S/C19H29NO5/c1-13(2)15(21)19(6,16(22)25-18(3,4)5)20-17(23)24-12-14-10-8-7-9-11-14/h7-11,13,15,21H,12H2,1-6H3,(H,20,23)/t15-,19+/m1/s1. The second-order valence-corrected chi connectivity index (χ2v) is 7.58. The van der Waals surface area contributed by atoms with Crippen LogP contribution in [-0.2, 0) is 20.9 Å². The molecule has 1 aromatic carbocycles. The minimum atomic E-state index is -1.62. The van der Waals surface area contributed by atoms with E-state index < -0.39 is 29.3 Å². The SMILES string of the molecule is CC(C)[C@@H](O)[C@](C)(NC(=O)OCc1ccccc1)C(=O)OC(C)(C)C. The zero-order chi connectivity index (χ0) is 19.3. The maximum atomic E-state index is 12.6. The molecule has 0 aliphatic carbocycles. The molecule has 0 saturated carbocycles. The number of alkyl carbamates (subject to hydrolysis) is 1. The first-order chi connectivity index (χ1) is 11.5. The summed E-state index contributed by atoms with van der Waals surface area (Å²) < 4.78 is 10.5. The van der Waals surface area contributed by atoms with Crippen molar-refractivity contribution in [3.8, 4) is 0 Å². The molecule has 0 heterocycles. The Morgan fingerprint density at radius 2 is 1.68 bits per heavy atom. The maximum absolute atomic E-state index is 12.6. The molecule has 140 valence electrons. The van der Waals surface area contributed by atoms with E-state index in [-0.39, 0.29) is 12.5 Å². The second kappa shape index (κ2) is 8.34. The lowest BCUT2D eigenvalue weighted by Crippen LogP contribution is -2.62. The van der Waals surface area contributed by atoms with Crippen LogP contribution in [0.25, 0.3) is 0 Å². The Kier molecular flexibility index (Phi) is 6.99. The third-order valence-electron chi connectivity index (χ3n) is 3.62. The van der Waals surface area contributed by atoms with Crippen molar-refractivity contribution >= 4 is 12.1 Å². The normalized spacial score (nSPS) is 15.2. The van der Waals surface area contributed by atoms with E-state index in [1.54, 1.807) is 34.6 Å². The van der Waals surface area contributed by atoms with E-state index in [1.165, 1.54) is 6.92 Å². The quantitative estimate of drug-likeness (QED) is 0.770. The van der Waals surface area contributed by atoms with E-state index in [2.05, 4.69) is 5.32 Å². The first kappa shape index (κ1) is 21.0. The van der Waals surface area contributed by atoms with Crippen LogP contribution in [0.3, 0.4) is 0 Å². The molecular weight excluding hydrogens is 322 g/mol. The van der Waals surface area contributed by atoms with Gasteiger partial charge in [0.2, 0.25) is 0 Å². The lowest BCUT2D eigenvalue weighted by atomic mass is 9.87. The number of esters is 1. The van der Waals surface area contributed by atoms with Crippen molar-refractivity contribution in [1.29, 1.82) is 0 Å². The zero-order valence-electron chi connectivity index (χ0n) is 15.8. The Morgan fingerprint density at radius 1 is 1.12 bits per heavy atom. The van der Waals surface area contributed by atoms with Crippen molar-refractivity contribution in [1.82, 2.24) is 5.32 Å². The first-order valence-electron chi connectivity index (χ1n) is 8.36. The van der Waals surface area contributed by atoms with Crippen molar-refractivity contribution in [2.24, 2.45) is 5.92 Å². The summed E-state index contributed by atoms with van der Waals surface area (Å²) in [5, 5.41) is 13.0. The molecule has 0 unspecified atom stereocenters. The number of hydrogen-bond acceptors (Lipinski definition) is 5. The van der Waals surface area contributed by atoms with Crippen LogP contribution in [0.15, 0.2) is 30.3 Å². The smallest absolute Gasteiger partial charge is 0.408 e. The fourth-order valence-electron chi connectivity index (χ4n) is 2.27. The van der Waals surface area contributed by atoms with E-state index in [4.69, 9.17) is 9.47 Å². The molecule has 6 heteroatoms. The number of carbonyl (C=O) groups is 2. The Balaban J connectivity index is 2.85. The summed E-state index contributed by atoms with van der Waals surface area (Å²) in [5.41, 5.74) is -1.54. The molecule has 2 N–H and O–H groups in total. The van der Waals surface area contributed by atoms with Crippen molar-refractivity contribution in [3.05, 3.63) is 35.9 Å². The third-order valence-corrected chi connectivity index (χ3v) is 3.62. The highest BCUT2D eigenvalue weighted by atomic mass is 16.6. The Labute approximate surface area is 149 Å². The summed E-state index contributed by atoms with van der Waals surface area (Å²) in [6.45, 7) is 10.2. The fraction of sp³-hybridized carbons (Fsp3) is 0.579. The highest BCUT2D eigenvalue weighted by Crippen LogP contribution is 2.23. The Bertz CT molecular complexity index is 579. The van der Waals surface area contributed by atoms with Crippen molar-refractivity contribution < 1.29 is 24.2 Å². The molecule has 6 nitrogen and oxygen atoms in total. The topological polar surface area (TPSA) is 84.9 Å². The molecule has 25 heavy (non-hydrogen) atoms. The highest BCUT2D eigenvalue weighted by Gasteiger charge is 2.46. The molecule has 2 atom stereocenters. The average Bonchev–Trinajstić information content (AvgIpc) is 2.51. The van der Waals surface area contributed by atoms with E-state index in [0.29, 0.717) is 0 Å². The van der Waals surface area contributed by atoms with Gasteiger partial charge >= 0.3 is 12.1 Å². The molecular formula is C19H29NO5. The summed E-state index contributed by atoms with van der Waals surface area (Å²) in [6, 6.07) is 9.18. The molecule has 0 aliphatic heterocycles. The molecule has 1 rings (SSSR count). The van der Waals surface area contributed by atoms with Crippen LogP contribution in [-0.4, -0.2) is 34.4 Å². The van der Waals surface area contributed by atoms with Gasteiger partial charge in [0, 0.05) is 0 Å². The number of hydrogen-bond donors (Lipinski definition) is 2. The first-order valence-corrected chi connectivity index (χ1v) is 8.36. The van der Waals surface area contributed by atoms with Gasteiger partial charge in [-0.2, -0.15) is 0 Å². The Hall–Kier alpha value is -2.08. The molecule has 0 aliphatic rings. The monoisotopic (exact) mass is 351 g/mol. The summed E-state index contributed by atoms with van der Waals surface area (Å²) in [7, 11) is 0. The number of rotatable bonds is 6. The fourth-order valence-corrected chi connectivity index (χ4v) is 2.27. The van der Waals surface area contributed by atoms with Crippen LogP contribution in [0.2, 0.25) is 0 Å². The van der Waals surface area contributed by atoms with Gasteiger partial charge in [-0.3, -0.25) is 0 Å². The van der Waals surface area contributed by atoms with Gasteiger partial charge in [0.05, 0.1) is 6.10 Å². The predicted molar refractivity (Wildman–Crippen MR) is 94.9 cm³/mol. The van der Waals surface area contributed by atoms with Crippen molar-refractivity contribution in [2.75, 3.05) is 0 Å². The second-order valence-electron chi connectivity index (χ2n) is 7.58. The van der Waals surface area contributed by atoms with Gasteiger partial charge in [-0.05, 0) is 39.2 Å². The minimum absolute atomic E-state index is 0.0643. The molecule has 1 aromatic rings. The largest absolute Gasteiger partial charge is 0.458 e. The van der Waals surface area contributed by atoms with Crippen molar-refractivity contribution in [3.63, 3.8) is 0 Å². The summed E-state index contributed by atoms with van der Waals surface area (Å²) in [4.78, 5) is 24.8. The van der Waals surface area contributed by atoms with Crippen LogP contribution in [0, 0.1) is 5.92 Å². The molecule has 0 bridgehead atoms. The van der Waals surface area contributed by atoms with E-state index in [1.807, 2.05) is 30.3 Å².